The summed E-state index contributed by atoms with van der Waals surface area (Å²) in [4.78, 5) is 0. The van der Waals surface area contributed by atoms with Gasteiger partial charge in [-0.05, 0) is 34.1 Å². The van der Waals surface area contributed by atoms with Crippen LogP contribution >= 0.6 is 15.9 Å². The van der Waals surface area contributed by atoms with Gasteiger partial charge in [0.1, 0.15) is 5.82 Å². The molecule has 0 radical (unpaired) electrons. The molecule has 0 amide bonds. The molecule has 0 aromatic heterocycles. The van der Waals surface area contributed by atoms with Gasteiger partial charge in [-0.15, -0.1) is 0 Å². The lowest BCUT2D eigenvalue weighted by Gasteiger charge is -2.20. The molecule has 96 valence electrons. The van der Waals surface area contributed by atoms with Crippen LogP contribution in [0.2, 0.25) is 0 Å². The van der Waals surface area contributed by atoms with Crippen molar-refractivity contribution < 1.29 is 21.2 Å². The van der Waals surface area contributed by atoms with E-state index in [0.29, 0.717) is 0 Å². The van der Waals surface area contributed by atoms with E-state index >= 15 is 0 Å². The third kappa shape index (κ3) is 3.39. The van der Waals surface area contributed by atoms with Gasteiger partial charge in [-0.2, -0.15) is 3.71 Å². The predicted octanol–water partition coefficient (Wildman–Crippen LogP) is 1.31. The smallest absolute Gasteiger partial charge is 0.207 e. The maximum Gasteiger partial charge on any atom is 0.245 e. The van der Waals surface area contributed by atoms with E-state index in [2.05, 4.69) is 15.9 Å². The van der Waals surface area contributed by atoms with E-state index in [1.165, 1.54) is 0 Å². The van der Waals surface area contributed by atoms with Gasteiger partial charge in [0, 0.05) is 4.47 Å². The SMILES string of the molecule is CS(=O)(=O)N(c1ccc(F)cc1Br)S(C)(=O)=O. The minimum absolute atomic E-state index is 0.0355. The lowest BCUT2D eigenvalue weighted by molar-refractivity contribution is 0.590. The molecule has 0 fully saturated rings. The Morgan fingerprint density at radius 1 is 1.12 bits per heavy atom. The van der Waals surface area contributed by atoms with Crippen molar-refractivity contribution in [3.05, 3.63) is 28.5 Å². The van der Waals surface area contributed by atoms with E-state index in [-0.39, 0.29) is 13.9 Å². The molecule has 1 rings (SSSR count). The Bertz CT molecular complexity index is 609. The molecule has 0 aliphatic heterocycles. The summed E-state index contributed by atoms with van der Waals surface area (Å²) in [5.41, 5.74) is -0.156. The minimum atomic E-state index is -4.02. The summed E-state index contributed by atoms with van der Waals surface area (Å²) in [6.45, 7) is 0. The van der Waals surface area contributed by atoms with Gasteiger partial charge in [0.25, 0.3) is 0 Å². The van der Waals surface area contributed by atoms with Crippen LogP contribution in [-0.2, 0) is 20.0 Å². The van der Waals surface area contributed by atoms with Crippen molar-refractivity contribution in [1.82, 2.24) is 0 Å². The molecule has 0 bridgehead atoms. The second-order valence-corrected chi connectivity index (χ2v) is 8.07. The first kappa shape index (κ1) is 14.4. The predicted molar refractivity (Wildman–Crippen MR) is 66.3 cm³/mol. The number of halogens is 2. The largest absolute Gasteiger partial charge is 0.245 e. The number of rotatable bonds is 3. The van der Waals surface area contributed by atoms with E-state index in [4.69, 9.17) is 0 Å². The molecule has 0 unspecified atom stereocenters. The minimum Gasteiger partial charge on any atom is -0.207 e. The summed E-state index contributed by atoms with van der Waals surface area (Å²) in [5, 5.41) is 0. The molecule has 17 heavy (non-hydrogen) atoms. The van der Waals surface area contributed by atoms with Crippen LogP contribution in [0.15, 0.2) is 22.7 Å². The second-order valence-electron chi connectivity index (χ2n) is 3.32. The molecule has 0 heterocycles. The van der Waals surface area contributed by atoms with Crippen molar-refractivity contribution in [1.29, 1.82) is 0 Å². The highest BCUT2D eigenvalue weighted by atomic mass is 79.9. The van der Waals surface area contributed by atoms with Crippen LogP contribution in [0.5, 0.6) is 0 Å². The number of anilines is 1. The van der Waals surface area contributed by atoms with Gasteiger partial charge in [-0.25, -0.2) is 21.2 Å². The molecule has 0 aliphatic carbocycles. The van der Waals surface area contributed by atoms with Crippen LogP contribution in [0.25, 0.3) is 0 Å². The van der Waals surface area contributed by atoms with Gasteiger partial charge in [0.2, 0.25) is 20.0 Å². The highest BCUT2D eigenvalue weighted by molar-refractivity contribution is 9.10. The second kappa shape index (κ2) is 4.54. The molecular formula is C8H9BrFNO4S2. The van der Waals surface area contributed by atoms with Crippen molar-refractivity contribution >= 4 is 41.7 Å². The van der Waals surface area contributed by atoms with Gasteiger partial charge >= 0.3 is 0 Å². The van der Waals surface area contributed by atoms with E-state index in [1.807, 2.05) is 0 Å². The van der Waals surface area contributed by atoms with Gasteiger partial charge in [0.05, 0.1) is 18.2 Å². The quantitative estimate of drug-likeness (QED) is 0.828. The summed E-state index contributed by atoms with van der Waals surface area (Å²) in [6, 6.07) is 3.03. The zero-order chi connectivity index (χ0) is 13.4. The summed E-state index contributed by atoms with van der Waals surface area (Å²) in [7, 11) is -8.04. The fraction of sp³-hybridized carbons (Fsp3) is 0.250. The van der Waals surface area contributed by atoms with Crippen molar-refractivity contribution in [3.63, 3.8) is 0 Å². The molecular weight excluding hydrogens is 337 g/mol. The zero-order valence-electron chi connectivity index (χ0n) is 8.88. The van der Waals surface area contributed by atoms with Gasteiger partial charge in [-0.1, -0.05) is 0 Å². The van der Waals surface area contributed by atoms with Crippen LogP contribution in [0.1, 0.15) is 0 Å². The van der Waals surface area contributed by atoms with Crippen LogP contribution in [0.4, 0.5) is 10.1 Å². The Morgan fingerprint density at radius 3 is 1.94 bits per heavy atom. The van der Waals surface area contributed by atoms with E-state index < -0.39 is 25.9 Å². The van der Waals surface area contributed by atoms with E-state index in [1.54, 1.807) is 0 Å². The fourth-order valence-corrected chi connectivity index (χ4v) is 5.00. The Hall–Kier alpha value is -0.670. The maximum atomic E-state index is 12.9. The summed E-state index contributed by atoms with van der Waals surface area (Å²) in [6.07, 6.45) is 1.51. The van der Waals surface area contributed by atoms with Crippen LogP contribution in [0.3, 0.4) is 0 Å². The molecule has 0 saturated carbocycles. The standard InChI is InChI=1S/C8H9BrFNO4S2/c1-16(12,13)11(17(2,14)15)8-4-3-6(10)5-7(8)9/h3-5H,1-2H3. The summed E-state index contributed by atoms with van der Waals surface area (Å²) in [5.74, 6) is -0.609. The van der Waals surface area contributed by atoms with Crippen LogP contribution in [0, 0.1) is 5.82 Å². The van der Waals surface area contributed by atoms with Crippen molar-refractivity contribution in [2.24, 2.45) is 0 Å². The Labute approximate surface area is 107 Å². The first-order chi connectivity index (χ1) is 7.53. The molecule has 0 N–H and O–H groups in total. The van der Waals surface area contributed by atoms with Gasteiger partial charge in [0.15, 0.2) is 0 Å². The van der Waals surface area contributed by atoms with Crippen molar-refractivity contribution in [2.75, 3.05) is 16.2 Å². The normalized spacial score (nSPS) is 12.5. The maximum absolute atomic E-state index is 12.9. The number of hydrogen-bond acceptors (Lipinski definition) is 4. The molecule has 1 aromatic rings. The average molecular weight is 346 g/mol. The Balaban J connectivity index is 3.56. The van der Waals surface area contributed by atoms with E-state index in [9.17, 15) is 21.2 Å². The first-order valence-corrected chi connectivity index (χ1v) is 8.68. The number of benzene rings is 1. The lowest BCUT2D eigenvalue weighted by Crippen LogP contribution is -2.35. The number of nitrogens with zero attached hydrogens (tertiary/aromatic N) is 1. The molecule has 5 nitrogen and oxygen atoms in total. The van der Waals surface area contributed by atoms with Crippen LogP contribution in [-0.4, -0.2) is 29.3 Å². The fourth-order valence-electron chi connectivity index (χ4n) is 1.23. The molecule has 0 spiro atoms. The average Bonchev–Trinajstić information content (AvgIpc) is 2.04. The van der Waals surface area contributed by atoms with Crippen molar-refractivity contribution in [2.45, 2.75) is 0 Å². The van der Waals surface area contributed by atoms with Crippen molar-refractivity contribution in [3.8, 4) is 0 Å². The lowest BCUT2D eigenvalue weighted by atomic mass is 10.3. The highest BCUT2D eigenvalue weighted by Crippen LogP contribution is 2.30. The van der Waals surface area contributed by atoms with Crippen LogP contribution < -0.4 is 3.71 Å². The molecule has 0 aliphatic rings. The number of hydrogen-bond donors (Lipinski definition) is 0. The van der Waals surface area contributed by atoms with Gasteiger partial charge < -0.3 is 0 Å². The monoisotopic (exact) mass is 345 g/mol. The Morgan fingerprint density at radius 2 is 1.59 bits per heavy atom. The molecule has 0 atom stereocenters. The number of sulfonamides is 2. The molecule has 0 saturated heterocycles. The third-order valence-corrected chi connectivity index (χ3v) is 5.57. The Kier molecular flexibility index (Phi) is 3.84. The highest BCUT2D eigenvalue weighted by Gasteiger charge is 2.28. The molecule has 9 heteroatoms. The third-order valence-electron chi connectivity index (χ3n) is 1.71. The topological polar surface area (TPSA) is 71.5 Å². The summed E-state index contributed by atoms with van der Waals surface area (Å²) >= 11 is 2.92. The zero-order valence-corrected chi connectivity index (χ0v) is 12.1. The molecule has 1 aromatic carbocycles. The van der Waals surface area contributed by atoms with Gasteiger partial charge in [-0.3, -0.25) is 0 Å². The summed E-state index contributed by atoms with van der Waals surface area (Å²) < 4.78 is 58.9. The first-order valence-electron chi connectivity index (χ1n) is 4.19. The van der Waals surface area contributed by atoms with E-state index in [0.717, 1.165) is 30.7 Å².